The van der Waals surface area contributed by atoms with E-state index in [1.807, 2.05) is 21.7 Å². The highest BCUT2D eigenvalue weighted by molar-refractivity contribution is 7.21. The van der Waals surface area contributed by atoms with Gasteiger partial charge in [0.1, 0.15) is 6.33 Å². The van der Waals surface area contributed by atoms with Crippen LogP contribution in [0, 0.1) is 12.3 Å². The number of carbonyl (C=O) groups is 1. The lowest BCUT2D eigenvalue weighted by Crippen LogP contribution is -2.61. The van der Waals surface area contributed by atoms with Gasteiger partial charge in [0.15, 0.2) is 5.65 Å². The molecular weight excluding hydrogens is 420 g/mol. The molecule has 6 heterocycles. The van der Waals surface area contributed by atoms with Gasteiger partial charge in [0.05, 0.1) is 20.8 Å². The topological polar surface area (TPSA) is 78.3 Å². The van der Waals surface area contributed by atoms with E-state index in [9.17, 15) is 4.79 Å². The standard InChI is InChI=1S/C24H28N6OS/c1-14(2)19-20(16-8-15(3)22-26-13-27-30(22)10-16)28-17-9-18(32-21(17)19)23(31)29-11-24(12-29)4-6-25-7-5-24/h8-10,13-14,25,28H,4-7,11-12H2,1-3H3. The monoisotopic (exact) mass is 448 g/mol. The highest BCUT2D eigenvalue weighted by Crippen LogP contribution is 2.43. The SMILES string of the molecule is Cc1cc(-c2[nH]c3cc(C(=O)N4CC5(CCNCC5)C4)sc3c2C(C)C)cn2ncnc12. The first-order valence-electron chi connectivity index (χ1n) is 11.4. The molecule has 4 aromatic heterocycles. The van der Waals surface area contributed by atoms with Gasteiger partial charge in [-0.1, -0.05) is 13.8 Å². The number of rotatable bonds is 3. The number of aromatic amines is 1. The van der Waals surface area contributed by atoms with E-state index in [1.165, 1.54) is 23.1 Å². The maximum Gasteiger partial charge on any atom is 0.264 e. The number of amides is 1. The number of nitrogens with zero attached hydrogens (tertiary/aromatic N) is 4. The zero-order chi connectivity index (χ0) is 22.0. The first kappa shape index (κ1) is 19.9. The summed E-state index contributed by atoms with van der Waals surface area (Å²) >= 11 is 1.63. The fraction of sp³-hybridized carbons (Fsp3) is 0.458. The number of hydrogen-bond acceptors (Lipinski definition) is 5. The van der Waals surface area contributed by atoms with Crippen molar-refractivity contribution < 1.29 is 4.79 Å². The first-order valence-corrected chi connectivity index (χ1v) is 12.2. The molecule has 7 nitrogen and oxygen atoms in total. The van der Waals surface area contributed by atoms with Crippen LogP contribution < -0.4 is 5.32 Å². The molecule has 2 aliphatic rings. The van der Waals surface area contributed by atoms with Crippen molar-refractivity contribution in [3.8, 4) is 11.3 Å². The molecule has 2 saturated heterocycles. The van der Waals surface area contributed by atoms with Gasteiger partial charge in [0.25, 0.3) is 5.91 Å². The predicted molar refractivity (Wildman–Crippen MR) is 127 cm³/mol. The molecule has 1 amide bonds. The fourth-order valence-electron chi connectivity index (χ4n) is 5.45. The Labute approximate surface area is 190 Å². The molecular formula is C24H28N6OS. The maximum atomic E-state index is 13.2. The fourth-order valence-corrected chi connectivity index (χ4v) is 6.73. The van der Waals surface area contributed by atoms with Crippen LogP contribution in [0.4, 0.5) is 0 Å². The molecule has 0 bridgehead atoms. The van der Waals surface area contributed by atoms with Crippen LogP contribution in [0.1, 0.15) is 53.4 Å². The average molecular weight is 449 g/mol. The second-order valence-electron chi connectivity index (χ2n) is 9.77. The number of likely N-dealkylation sites (tertiary alicyclic amines) is 1. The summed E-state index contributed by atoms with van der Waals surface area (Å²) < 4.78 is 3.02. The van der Waals surface area contributed by atoms with Gasteiger partial charge in [0.2, 0.25) is 0 Å². The minimum Gasteiger partial charge on any atom is -0.354 e. The molecule has 0 radical (unpaired) electrons. The molecule has 2 fully saturated rings. The van der Waals surface area contributed by atoms with E-state index in [2.05, 4.69) is 47.2 Å². The normalized spacial score (nSPS) is 18.2. The molecule has 2 N–H and O–H groups in total. The number of fused-ring (bicyclic) bond motifs is 2. The molecule has 0 atom stereocenters. The van der Waals surface area contributed by atoms with Crippen LogP contribution in [-0.2, 0) is 0 Å². The van der Waals surface area contributed by atoms with E-state index in [0.29, 0.717) is 11.3 Å². The van der Waals surface area contributed by atoms with Crippen LogP contribution in [0.15, 0.2) is 24.7 Å². The molecule has 0 aliphatic carbocycles. The highest BCUT2D eigenvalue weighted by atomic mass is 32.1. The summed E-state index contributed by atoms with van der Waals surface area (Å²) in [5.41, 5.74) is 6.84. The molecule has 32 heavy (non-hydrogen) atoms. The Bertz CT molecular complexity index is 1330. The van der Waals surface area contributed by atoms with E-state index >= 15 is 0 Å². The number of nitrogens with one attached hydrogen (secondary N) is 2. The molecule has 0 saturated carbocycles. The zero-order valence-corrected chi connectivity index (χ0v) is 19.6. The van der Waals surface area contributed by atoms with Gasteiger partial charge in [-0.2, -0.15) is 5.10 Å². The Balaban J connectivity index is 1.34. The highest BCUT2D eigenvalue weighted by Gasteiger charge is 2.45. The van der Waals surface area contributed by atoms with Crippen molar-refractivity contribution in [2.45, 2.75) is 39.5 Å². The van der Waals surface area contributed by atoms with Crippen molar-refractivity contribution in [2.24, 2.45) is 5.41 Å². The van der Waals surface area contributed by atoms with Gasteiger partial charge in [-0.3, -0.25) is 4.79 Å². The molecule has 2 aliphatic heterocycles. The number of pyridine rings is 1. The summed E-state index contributed by atoms with van der Waals surface area (Å²) in [5, 5.41) is 7.76. The third-order valence-corrected chi connectivity index (χ3v) is 8.30. The van der Waals surface area contributed by atoms with Gasteiger partial charge in [-0.05, 0) is 62.0 Å². The smallest absolute Gasteiger partial charge is 0.264 e. The van der Waals surface area contributed by atoms with E-state index in [1.54, 1.807) is 17.7 Å². The quantitative estimate of drug-likeness (QED) is 0.492. The Hall–Kier alpha value is -2.71. The molecule has 8 heteroatoms. The number of H-pyrrole nitrogens is 1. The van der Waals surface area contributed by atoms with Crippen LogP contribution in [0.3, 0.4) is 0 Å². The number of aromatic nitrogens is 4. The number of thiophene rings is 1. The minimum atomic E-state index is 0.180. The number of piperidine rings is 1. The Morgan fingerprint density at radius 2 is 2.00 bits per heavy atom. The summed E-state index contributed by atoms with van der Waals surface area (Å²) in [5.74, 6) is 0.508. The summed E-state index contributed by atoms with van der Waals surface area (Å²) in [6.07, 6.45) is 5.97. The lowest BCUT2D eigenvalue weighted by Gasteiger charge is -2.52. The van der Waals surface area contributed by atoms with E-state index < -0.39 is 0 Å². The predicted octanol–water partition coefficient (Wildman–Crippen LogP) is 4.20. The van der Waals surface area contributed by atoms with Crippen molar-refractivity contribution in [1.29, 1.82) is 0 Å². The van der Waals surface area contributed by atoms with Gasteiger partial charge in [0, 0.05) is 30.3 Å². The van der Waals surface area contributed by atoms with Gasteiger partial charge >= 0.3 is 0 Å². The van der Waals surface area contributed by atoms with Crippen molar-refractivity contribution in [1.82, 2.24) is 29.8 Å². The maximum absolute atomic E-state index is 13.2. The molecule has 166 valence electrons. The van der Waals surface area contributed by atoms with Gasteiger partial charge in [-0.15, -0.1) is 11.3 Å². The van der Waals surface area contributed by atoms with Gasteiger partial charge < -0.3 is 15.2 Å². The molecule has 6 rings (SSSR count). The second-order valence-corrected chi connectivity index (χ2v) is 10.8. The van der Waals surface area contributed by atoms with Crippen LogP contribution in [0.25, 0.3) is 27.1 Å². The Kier molecular flexibility index (Phi) is 4.45. The van der Waals surface area contributed by atoms with Gasteiger partial charge in [-0.25, -0.2) is 9.50 Å². The average Bonchev–Trinajstić information content (AvgIpc) is 3.45. The zero-order valence-electron chi connectivity index (χ0n) is 18.7. The third-order valence-electron chi connectivity index (χ3n) is 7.15. The van der Waals surface area contributed by atoms with E-state index in [4.69, 9.17) is 0 Å². The summed E-state index contributed by atoms with van der Waals surface area (Å²) in [6.45, 7) is 10.4. The number of hydrogen-bond donors (Lipinski definition) is 2. The number of aryl methyl sites for hydroxylation is 1. The first-order chi connectivity index (χ1) is 15.4. The van der Waals surface area contributed by atoms with Crippen LogP contribution in [-0.4, -0.2) is 56.6 Å². The Morgan fingerprint density at radius 3 is 2.75 bits per heavy atom. The summed E-state index contributed by atoms with van der Waals surface area (Å²) in [4.78, 5) is 24.0. The van der Waals surface area contributed by atoms with Crippen molar-refractivity contribution in [3.63, 3.8) is 0 Å². The van der Waals surface area contributed by atoms with E-state index in [0.717, 1.165) is 59.0 Å². The second kappa shape index (κ2) is 7.15. The third kappa shape index (κ3) is 3.00. The van der Waals surface area contributed by atoms with Crippen molar-refractivity contribution in [3.05, 3.63) is 40.7 Å². The lowest BCUT2D eigenvalue weighted by atomic mass is 9.72. The lowest BCUT2D eigenvalue weighted by molar-refractivity contribution is -0.0110. The summed E-state index contributed by atoms with van der Waals surface area (Å²) in [7, 11) is 0. The van der Waals surface area contributed by atoms with E-state index in [-0.39, 0.29) is 5.91 Å². The van der Waals surface area contributed by atoms with Crippen molar-refractivity contribution >= 4 is 33.1 Å². The molecule has 4 aromatic rings. The molecule has 1 spiro atoms. The van der Waals surface area contributed by atoms with Crippen LogP contribution in [0.5, 0.6) is 0 Å². The minimum absolute atomic E-state index is 0.180. The van der Waals surface area contributed by atoms with Crippen LogP contribution >= 0.6 is 11.3 Å². The van der Waals surface area contributed by atoms with Crippen molar-refractivity contribution in [2.75, 3.05) is 26.2 Å². The molecule has 0 aromatic carbocycles. The van der Waals surface area contributed by atoms with Crippen LogP contribution in [0.2, 0.25) is 0 Å². The number of carbonyl (C=O) groups excluding carboxylic acids is 1. The Morgan fingerprint density at radius 1 is 1.22 bits per heavy atom. The summed E-state index contributed by atoms with van der Waals surface area (Å²) in [6, 6.07) is 4.21. The molecule has 0 unspecified atom stereocenters. The largest absolute Gasteiger partial charge is 0.354 e.